The van der Waals surface area contributed by atoms with Gasteiger partial charge in [0.1, 0.15) is 24.7 Å². The van der Waals surface area contributed by atoms with Crippen molar-refractivity contribution < 1.29 is 19.7 Å². The minimum absolute atomic E-state index is 0.0306. The van der Waals surface area contributed by atoms with Crippen molar-refractivity contribution in [3.8, 4) is 11.5 Å². The van der Waals surface area contributed by atoms with Gasteiger partial charge < -0.3 is 19.7 Å². The Morgan fingerprint density at radius 3 is 1.88 bits per heavy atom. The Bertz CT molecular complexity index is 704. The number of benzene rings is 2. The Kier molecular flexibility index (Phi) is 6.69. The predicted molar refractivity (Wildman–Crippen MR) is 103 cm³/mol. The average Bonchev–Trinajstić information content (AvgIpc) is 2.72. The lowest BCUT2D eigenvalue weighted by molar-refractivity contribution is 0.201. The molecule has 4 heteroatoms. The zero-order chi connectivity index (χ0) is 18.2. The van der Waals surface area contributed by atoms with E-state index in [1.807, 2.05) is 24.3 Å². The summed E-state index contributed by atoms with van der Waals surface area (Å²) in [4.78, 5) is 0. The first kappa shape index (κ1) is 18.5. The van der Waals surface area contributed by atoms with Crippen LogP contribution in [0.1, 0.15) is 36.3 Å². The fourth-order valence-electron chi connectivity index (χ4n) is 3.33. The molecule has 1 unspecified atom stereocenters. The van der Waals surface area contributed by atoms with Crippen LogP contribution >= 0.6 is 0 Å². The Balaban J connectivity index is 1.59. The summed E-state index contributed by atoms with van der Waals surface area (Å²) in [6.07, 6.45) is 5.57. The van der Waals surface area contributed by atoms with Crippen LogP contribution in [0.2, 0.25) is 0 Å². The molecule has 0 heterocycles. The van der Waals surface area contributed by atoms with Crippen molar-refractivity contribution in [2.24, 2.45) is 0 Å². The van der Waals surface area contributed by atoms with Crippen molar-refractivity contribution in [1.29, 1.82) is 0 Å². The maximum absolute atomic E-state index is 8.81. The van der Waals surface area contributed by atoms with Crippen LogP contribution in [0.25, 0.3) is 5.57 Å². The van der Waals surface area contributed by atoms with E-state index in [2.05, 4.69) is 30.3 Å². The molecule has 0 saturated carbocycles. The number of ether oxygens (including phenoxy) is 2. The van der Waals surface area contributed by atoms with E-state index in [1.54, 1.807) is 0 Å². The van der Waals surface area contributed by atoms with E-state index < -0.39 is 0 Å². The molecule has 0 amide bonds. The number of aliphatic hydroxyl groups excluding tert-OH is 2. The Hall–Kier alpha value is -2.30. The molecule has 3 rings (SSSR count). The van der Waals surface area contributed by atoms with Gasteiger partial charge in [0, 0.05) is 0 Å². The summed E-state index contributed by atoms with van der Waals surface area (Å²) in [6, 6.07) is 16.3. The van der Waals surface area contributed by atoms with Gasteiger partial charge in [-0.25, -0.2) is 0 Å². The van der Waals surface area contributed by atoms with Crippen molar-refractivity contribution in [1.82, 2.24) is 0 Å². The highest BCUT2D eigenvalue weighted by Gasteiger charge is 2.17. The SMILES string of the molecule is OCCOc1ccc(C2=CCC(c3ccc(OCCO)cc3)CC2)cc1. The maximum Gasteiger partial charge on any atom is 0.119 e. The van der Waals surface area contributed by atoms with E-state index in [4.69, 9.17) is 19.7 Å². The summed E-state index contributed by atoms with van der Waals surface area (Å²) in [6.45, 7) is 0.724. The number of hydrogen-bond donors (Lipinski definition) is 2. The molecule has 2 N–H and O–H groups in total. The standard InChI is InChI=1S/C22H26O4/c23-13-15-25-21-9-5-19(6-10-21)17-1-2-18(4-3-17)20-7-11-22(12-8-20)26-16-14-24/h1,5-12,18,23-24H,2-4,13-16H2. The predicted octanol–water partition coefficient (Wildman–Crippen LogP) is 3.78. The van der Waals surface area contributed by atoms with Gasteiger partial charge in [0.05, 0.1) is 13.2 Å². The second-order valence-electron chi connectivity index (χ2n) is 6.44. The molecule has 2 aromatic carbocycles. The van der Waals surface area contributed by atoms with Gasteiger partial charge in [0.15, 0.2) is 0 Å². The van der Waals surface area contributed by atoms with Gasteiger partial charge in [-0.2, -0.15) is 0 Å². The molecule has 0 radical (unpaired) electrons. The highest BCUT2D eigenvalue weighted by atomic mass is 16.5. The highest BCUT2D eigenvalue weighted by Crippen LogP contribution is 2.36. The van der Waals surface area contributed by atoms with Gasteiger partial charge in [0.25, 0.3) is 0 Å². The van der Waals surface area contributed by atoms with Crippen LogP contribution in [0.5, 0.6) is 11.5 Å². The van der Waals surface area contributed by atoms with Gasteiger partial charge in [0.2, 0.25) is 0 Å². The maximum atomic E-state index is 8.81. The van der Waals surface area contributed by atoms with Crippen molar-refractivity contribution >= 4 is 5.57 Å². The summed E-state index contributed by atoms with van der Waals surface area (Å²) < 4.78 is 10.8. The van der Waals surface area contributed by atoms with E-state index >= 15 is 0 Å². The summed E-state index contributed by atoms with van der Waals surface area (Å²) in [5.41, 5.74) is 3.97. The van der Waals surface area contributed by atoms with Gasteiger partial charge in [-0.3, -0.25) is 0 Å². The quantitative estimate of drug-likeness (QED) is 0.757. The molecule has 1 aliphatic rings. The van der Waals surface area contributed by atoms with Crippen LogP contribution in [-0.4, -0.2) is 36.6 Å². The minimum Gasteiger partial charge on any atom is -0.491 e. The zero-order valence-corrected chi connectivity index (χ0v) is 14.9. The van der Waals surface area contributed by atoms with Crippen LogP contribution in [0, 0.1) is 0 Å². The van der Waals surface area contributed by atoms with E-state index in [1.165, 1.54) is 16.7 Å². The molecule has 1 aliphatic carbocycles. The van der Waals surface area contributed by atoms with Crippen molar-refractivity contribution in [3.63, 3.8) is 0 Å². The summed E-state index contributed by atoms with van der Waals surface area (Å²) in [5.74, 6) is 2.14. The smallest absolute Gasteiger partial charge is 0.119 e. The van der Waals surface area contributed by atoms with Crippen LogP contribution in [0.4, 0.5) is 0 Å². The van der Waals surface area contributed by atoms with E-state index in [0.29, 0.717) is 19.1 Å². The number of aliphatic hydroxyl groups is 2. The summed E-state index contributed by atoms with van der Waals surface area (Å²) in [5, 5.41) is 17.6. The van der Waals surface area contributed by atoms with Gasteiger partial charge >= 0.3 is 0 Å². The third-order valence-electron chi connectivity index (χ3n) is 4.71. The topological polar surface area (TPSA) is 58.9 Å². The van der Waals surface area contributed by atoms with E-state index in [9.17, 15) is 0 Å². The number of allylic oxidation sites excluding steroid dienone is 2. The first-order valence-corrected chi connectivity index (χ1v) is 9.17. The third kappa shape index (κ3) is 4.87. The van der Waals surface area contributed by atoms with Gasteiger partial charge in [-0.1, -0.05) is 30.3 Å². The third-order valence-corrected chi connectivity index (χ3v) is 4.71. The summed E-state index contributed by atoms with van der Waals surface area (Å²) >= 11 is 0. The lowest BCUT2D eigenvalue weighted by Gasteiger charge is -2.23. The second kappa shape index (κ2) is 9.41. The van der Waals surface area contributed by atoms with Gasteiger partial charge in [-0.05, 0) is 66.1 Å². The van der Waals surface area contributed by atoms with Crippen molar-refractivity contribution in [3.05, 3.63) is 65.7 Å². The zero-order valence-electron chi connectivity index (χ0n) is 14.9. The molecule has 2 aromatic rings. The van der Waals surface area contributed by atoms with Crippen LogP contribution < -0.4 is 9.47 Å². The van der Waals surface area contributed by atoms with E-state index in [0.717, 1.165) is 30.8 Å². The first-order valence-electron chi connectivity index (χ1n) is 9.17. The highest BCUT2D eigenvalue weighted by molar-refractivity contribution is 5.67. The van der Waals surface area contributed by atoms with Crippen molar-refractivity contribution in [2.45, 2.75) is 25.2 Å². The number of rotatable bonds is 8. The van der Waals surface area contributed by atoms with Crippen molar-refractivity contribution in [2.75, 3.05) is 26.4 Å². The molecule has 0 spiro atoms. The molecule has 138 valence electrons. The molecule has 0 aliphatic heterocycles. The molecule has 1 atom stereocenters. The second-order valence-corrected chi connectivity index (χ2v) is 6.44. The first-order chi connectivity index (χ1) is 12.8. The molecule has 0 bridgehead atoms. The Morgan fingerprint density at radius 2 is 1.38 bits per heavy atom. The van der Waals surface area contributed by atoms with Crippen LogP contribution in [0.15, 0.2) is 54.6 Å². The largest absolute Gasteiger partial charge is 0.491 e. The van der Waals surface area contributed by atoms with Gasteiger partial charge in [-0.15, -0.1) is 0 Å². The van der Waals surface area contributed by atoms with Crippen LogP contribution in [0.3, 0.4) is 0 Å². The molecule has 26 heavy (non-hydrogen) atoms. The van der Waals surface area contributed by atoms with E-state index in [-0.39, 0.29) is 13.2 Å². The monoisotopic (exact) mass is 354 g/mol. The minimum atomic E-state index is 0.0306. The van der Waals surface area contributed by atoms with Crippen LogP contribution in [-0.2, 0) is 0 Å². The average molecular weight is 354 g/mol. The normalized spacial score (nSPS) is 16.8. The molecular weight excluding hydrogens is 328 g/mol. The molecule has 0 fully saturated rings. The molecule has 4 nitrogen and oxygen atoms in total. The lowest BCUT2D eigenvalue weighted by atomic mass is 9.83. The molecule has 0 saturated heterocycles. The molecular formula is C22H26O4. The lowest BCUT2D eigenvalue weighted by Crippen LogP contribution is -2.05. The summed E-state index contributed by atoms with van der Waals surface area (Å²) in [7, 11) is 0. The fourth-order valence-corrected chi connectivity index (χ4v) is 3.33. The fraction of sp³-hybridized carbons (Fsp3) is 0.364. The Labute approximate surface area is 154 Å². The Morgan fingerprint density at radius 1 is 0.808 bits per heavy atom. The number of hydrogen-bond acceptors (Lipinski definition) is 4. The molecule has 0 aromatic heterocycles.